The largest absolute Gasteiger partial charge is 0.298 e. The Morgan fingerprint density at radius 2 is 1.21 bits per heavy atom. The molecule has 0 rings (SSSR count). The lowest BCUT2D eigenvalue weighted by molar-refractivity contribution is -0.138. The van der Waals surface area contributed by atoms with Gasteiger partial charge in [-0.25, -0.2) is 0 Å². The minimum atomic E-state index is -0.151. The van der Waals surface area contributed by atoms with Crippen molar-refractivity contribution in [2.24, 2.45) is 10.8 Å². The highest BCUT2D eigenvalue weighted by atomic mass is 16.1. The maximum atomic E-state index is 12.4. The second kappa shape index (κ2) is 4.95. The molecule has 14 heavy (non-hydrogen) atoms. The zero-order valence-corrected chi connectivity index (χ0v) is 10.7. The molecule has 1 nitrogen and oxygen atoms in total. The van der Waals surface area contributed by atoms with Crippen LogP contribution in [0.3, 0.4) is 0 Å². The molecule has 0 saturated carbocycles. The van der Waals surface area contributed by atoms with Gasteiger partial charge in [0.2, 0.25) is 0 Å². The van der Waals surface area contributed by atoms with E-state index in [0.29, 0.717) is 5.78 Å². The van der Waals surface area contributed by atoms with Crippen molar-refractivity contribution in [2.45, 2.75) is 67.2 Å². The summed E-state index contributed by atoms with van der Waals surface area (Å²) in [6.07, 6.45) is 3.86. The van der Waals surface area contributed by atoms with E-state index >= 15 is 0 Å². The fourth-order valence-electron chi connectivity index (χ4n) is 2.11. The lowest BCUT2D eigenvalue weighted by Crippen LogP contribution is -2.39. The zero-order valence-electron chi connectivity index (χ0n) is 10.7. The molecule has 0 aliphatic carbocycles. The van der Waals surface area contributed by atoms with E-state index in [2.05, 4.69) is 41.5 Å². The quantitative estimate of drug-likeness (QED) is 0.625. The molecule has 0 aromatic rings. The molecule has 0 aromatic carbocycles. The number of hydrogen-bond donors (Lipinski definition) is 0. The molecule has 0 bridgehead atoms. The van der Waals surface area contributed by atoms with Crippen LogP contribution in [-0.4, -0.2) is 5.78 Å². The summed E-state index contributed by atoms with van der Waals surface area (Å²) >= 11 is 0. The molecule has 1 heteroatoms. The Hall–Kier alpha value is -0.330. The summed E-state index contributed by atoms with van der Waals surface area (Å²) in [7, 11) is 0. The Kier molecular flexibility index (Phi) is 4.83. The molecule has 0 aromatic heterocycles. The highest BCUT2D eigenvalue weighted by molar-refractivity contribution is 5.89. The number of carbonyl (C=O) groups is 1. The van der Waals surface area contributed by atoms with Crippen LogP contribution in [0.15, 0.2) is 0 Å². The van der Waals surface area contributed by atoms with Crippen molar-refractivity contribution in [1.82, 2.24) is 0 Å². The van der Waals surface area contributed by atoms with Gasteiger partial charge in [-0.05, 0) is 25.7 Å². The number of hydrogen-bond acceptors (Lipinski definition) is 1. The molecular weight excluding hydrogens is 172 g/mol. The highest BCUT2D eigenvalue weighted by Gasteiger charge is 2.40. The van der Waals surface area contributed by atoms with Crippen LogP contribution in [0.4, 0.5) is 0 Å². The topological polar surface area (TPSA) is 17.1 Å². The Labute approximate surface area is 89.3 Å². The minimum Gasteiger partial charge on any atom is -0.298 e. The van der Waals surface area contributed by atoms with Gasteiger partial charge in [0, 0.05) is 10.8 Å². The van der Waals surface area contributed by atoms with Gasteiger partial charge in [0.15, 0.2) is 0 Å². The van der Waals surface area contributed by atoms with Crippen LogP contribution in [0.2, 0.25) is 0 Å². The molecular formula is C13H26O. The number of rotatable bonds is 6. The van der Waals surface area contributed by atoms with Gasteiger partial charge in [-0.3, -0.25) is 4.79 Å². The van der Waals surface area contributed by atoms with Crippen LogP contribution < -0.4 is 0 Å². The van der Waals surface area contributed by atoms with Crippen molar-refractivity contribution < 1.29 is 4.79 Å². The minimum absolute atomic E-state index is 0.0699. The van der Waals surface area contributed by atoms with Crippen LogP contribution in [0.25, 0.3) is 0 Å². The first-order chi connectivity index (χ1) is 6.40. The zero-order chi connectivity index (χ0) is 11.4. The van der Waals surface area contributed by atoms with E-state index < -0.39 is 0 Å². The van der Waals surface area contributed by atoms with Crippen molar-refractivity contribution in [2.75, 3.05) is 0 Å². The van der Waals surface area contributed by atoms with Crippen LogP contribution in [0.5, 0.6) is 0 Å². The molecule has 84 valence electrons. The fourth-order valence-corrected chi connectivity index (χ4v) is 2.11. The monoisotopic (exact) mass is 198 g/mol. The fraction of sp³-hybridized carbons (Fsp3) is 0.923. The van der Waals surface area contributed by atoms with Gasteiger partial charge in [-0.15, -0.1) is 0 Å². The third kappa shape index (κ3) is 2.37. The predicted molar refractivity (Wildman–Crippen MR) is 62.4 cm³/mol. The van der Waals surface area contributed by atoms with E-state index in [4.69, 9.17) is 0 Å². The first-order valence-corrected chi connectivity index (χ1v) is 5.95. The third-order valence-corrected chi connectivity index (χ3v) is 4.01. The van der Waals surface area contributed by atoms with Crippen LogP contribution in [0.1, 0.15) is 67.2 Å². The second-order valence-corrected chi connectivity index (χ2v) is 4.91. The van der Waals surface area contributed by atoms with Crippen LogP contribution >= 0.6 is 0 Å². The van der Waals surface area contributed by atoms with E-state index in [-0.39, 0.29) is 10.8 Å². The lowest BCUT2D eigenvalue weighted by Gasteiger charge is -2.36. The average molecular weight is 198 g/mol. The summed E-state index contributed by atoms with van der Waals surface area (Å²) in [4.78, 5) is 12.4. The van der Waals surface area contributed by atoms with E-state index in [0.717, 1.165) is 25.7 Å². The van der Waals surface area contributed by atoms with Gasteiger partial charge in [-0.2, -0.15) is 0 Å². The standard InChI is InChI=1S/C13H26O/c1-7-12(5,6)11(14)13(8-2,9-3)10-4/h7-10H2,1-6H3. The normalized spacial score (nSPS) is 13.0. The number of carbonyl (C=O) groups excluding carboxylic acids is 1. The molecule has 0 N–H and O–H groups in total. The average Bonchev–Trinajstić information content (AvgIpc) is 2.21. The molecule has 0 spiro atoms. The van der Waals surface area contributed by atoms with Gasteiger partial charge in [0.1, 0.15) is 5.78 Å². The smallest absolute Gasteiger partial charge is 0.144 e. The third-order valence-electron chi connectivity index (χ3n) is 4.01. The van der Waals surface area contributed by atoms with Gasteiger partial charge in [-0.1, -0.05) is 41.5 Å². The van der Waals surface area contributed by atoms with Gasteiger partial charge >= 0.3 is 0 Å². The summed E-state index contributed by atoms with van der Waals surface area (Å²) in [5.41, 5.74) is -0.221. The molecule has 0 saturated heterocycles. The van der Waals surface area contributed by atoms with Crippen LogP contribution in [0, 0.1) is 10.8 Å². The predicted octanol–water partition coefficient (Wildman–Crippen LogP) is 4.21. The van der Waals surface area contributed by atoms with Gasteiger partial charge in [0.05, 0.1) is 0 Å². The molecule has 0 amide bonds. The van der Waals surface area contributed by atoms with Crippen molar-refractivity contribution in [1.29, 1.82) is 0 Å². The Bertz CT molecular complexity index is 179. The maximum absolute atomic E-state index is 12.4. The van der Waals surface area contributed by atoms with Crippen molar-refractivity contribution >= 4 is 5.78 Å². The molecule has 0 aliphatic heterocycles. The summed E-state index contributed by atoms with van der Waals surface area (Å²) < 4.78 is 0. The van der Waals surface area contributed by atoms with E-state index in [1.807, 2.05) is 0 Å². The first-order valence-electron chi connectivity index (χ1n) is 5.95. The molecule has 0 heterocycles. The number of ketones is 1. The summed E-state index contributed by atoms with van der Waals surface area (Å²) in [6, 6.07) is 0. The Morgan fingerprint density at radius 3 is 1.43 bits per heavy atom. The Morgan fingerprint density at radius 1 is 0.857 bits per heavy atom. The maximum Gasteiger partial charge on any atom is 0.144 e. The van der Waals surface area contributed by atoms with E-state index in [9.17, 15) is 4.79 Å². The van der Waals surface area contributed by atoms with Crippen molar-refractivity contribution in [3.8, 4) is 0 Å². The molecule has 0 radical (unpaired) electrons. The Balaban J connectivity index is 4.95. The summed E-state index contributed by atoms with van der Waals surface area (Å²) in [6.45, 7) is 12.7. The molecule has 0 atom stereocenters. The number of Topliss-reactive ketones (excluding diaryl/α,β-unsaturated/α-hetero) is 1. The van der Waals surface area contributed by atoms with Gasteiger partial charge < -0.3 is 0 Å². The summed E-state index contributed by atoms with van der Waals surface area (Å²) in [5.74, 6) is 0.458. The van der Waals surface area contributed by atoms with Crippen LogP contribution in [-0.2, 0) is 4.79 Å². The van der Waals surface area contributed by atoms with E-state index in [1.165, 1.54) is 0 Å². The van der Waals surface area contributed by atoms with E-state index in [1.54, 1.807) is 0 Å². The second-order valence-electron chi connectivity index (χ2n) is 4.91. The summed E-state index contributed by atoms with van der Waals surface area (Å²) in [5, 5.41) is 0. The molecule has 0 unspecified atom stereocenters. The highest BCUT2D eigenvalue weighted by Crippen LogP contribution is 2.39. The SMILES string of the molecule is CCC(C)(C)C(=O)C(CC)(CC)CC. The molecule has 0 fully saturated rings. The lowest BCUT2D eigenvalue weighted by atomic mass is 9.66. The molecule has 0 aliphatic rings. The first kappa shape index (κ1) is 13.7. The van der Waals surface area contributed by atoms with Crippen molar-refractivity contribution in [3.05, 3.63) is 0 Å². The van der Waals surface area contributed by atoms with Crippen molar-refractivity contribution in [3.63, 3.8) is 0 Å². The van der Waals surface area contributed by atoms with Gasteiger partial charge in [0.25, 0.3) is 0 Å².